The Kier molecular flexibility index (Phi) is 2.98. The van der Waals surface area contributed by atoms with E-state index in [1.165, 1.54) is 13.3 Å². The number of pyridine rings is 1. The summed E-state index contributed by atoms with van der Waals surface area (Å²) in [5, 5.41) is 3.14. The number of fused-ring (bicyclic) bond motifs is 1. The molecule has 0 unspecified atom stereocenters. The molecule has 0 saturated heterocycles. The number of carbonyl (C=O) groups excluding carboxylic acids is 2. The Morgan fingerprint density at radius 3 is 2.94 bits per heavy atom. The van der Waals surface area contributed by atoms with Crippen molar-refractivity contribution in [2.45, 2.75) is 0 Å². The molecule has 2 aromatic rings. The van der Waals surface area contributed by atoms with Gasteiger partial charge in [0.15, 0.2) is 0 Å². The van der Waals surface area contributed by atoms with E-state index in [9.17, 15) is 9.59 Å². The fraction of sp³-hybridized carbons (Fsp3) is 0.0833. The first kappa shape index (κ1) is 11.7. The van der Waals surface area contributed by atoms with Crippen LogP contribution in [0.2, 0.25) is 0 Å². The minimum atomic E-state index is -0.556. The molecule has 2 N–H and O–H groups in total. The van der Waals surface area contributed by atoms with Crippen LogP contribution in [0.1, 0.15) is 10.5 Å². The lowest BCUT2D eigenvalue weighted by molar-refractivity contribution is -0.111. The highest BCUT2D eigenvalue weighted by Gasteiger charge is 2.10. The lowest BCUT2D eigenvalue weighted by atomic mass is 10.3. The van der Waals surface area contributed by atoms with E-state index in [0.717, 1.165) is 0 Å². The molecular formula is C12H9N3O3. The van der Waals surface area contributed by atoms with Gasteiger partial charge in [0.1, 0.15) is 11.3 Å². The summed E-state index contributed by atoms with van der Waals surface area (Å²) < 4.78 is 4.58. The van der Waals surface area contributed by atoms with Crippen molar-refractivity contribution in [1.82, 2.24) is 9.97 Å². The van der Waals surface area contributed by atoms with E-state index in [2.05, 4.69) is 20.0 Å². The van der Waals surface area contributed by atoms with Crippen LogP contribution in [0.5, 0.6) is 0 Å². The van der Waals surface area contributed by atoms with Crippen LogP contribution in [0.4, 0.5) is 5.69 Å². The van der Waals surface area contributed by atoms with Gasteiger partial charge in [-0.15, -0.1) is 6.42 Å². The van der Waals surface area contributed by atoms with Crippen molar-refractivity contribution in [3.63, 3.8) is 0 Å². The first-order valence-electron chi connectivity index (χ1n) is 4.98. The third kappa shape index (κ3) is 2.15. The number of anilines is 1. The molecule has 0 aliphatic rings. The van der Waals surface area contributed by atoms with Crippen LogP contribution in [0.15, 0.2) is 18.3 Å². The molecular weight excluding hydrogens is 234 g/mol. The zero-order valence-electron chi connectivity index (χ0n) is 9.48. The van der Waals surface area contributed by atoms with Gasteiger partial charge in [-0.05, 0) is 18.1 Å². The monoisotopic (exact) mass is 243 g/mol. The minimum absolute atomic E-state index is 0.292. The average molecular weight is 243 g/mol. The third-order valence-electron chi connectivity index (χ3n) is 2.26. The number of H-pyrrole nitrogens is 1. The zero-order valence-corrected chi connectivity index (χ0v) is 9.48. The number of carbonyl (C=O) groups is 2. The summed E-state index contributed by atoms with van der Waals surface area (Å²) in [7, 11) is 1.29. The van der Waals surface area contributed by atoms with Gasteiger partial charge in [-0.25, -0.2) is 9.78 Å². The maximum atomic E-state index is 11.3. The van der Waals surface area contributed by atoms with Crippen LogP contribution in [0.3, 0.4) is 0 Å². The van der Waals surface area contributed by atoms with Gasteiger partial charge in [-0.2, -0.15) is 0 Å². The molecule has 2 aromatic heterocycles. The summed E-state index contributed by atoms with van der Waals surface area (Å²) in [6.07, 6.45) is 6.38. The Bertz CT molecular complexity index is 667. The summed E-state index contributed by atoms with van der Waals surface area (Å²) in [6.45, 7) is 0. The normalized spacial score (nSPS) is 9.78. The standard InChI is InChI=1S/C12H9N3O3/c1-3-10(16)14-8-4-7-5-9(12(17)18-2)15-11(7)13-6-8/h1,4-6H,2H3,(H,13,15)(H,14,16). The number of ether oxygens (including phenoxy) is 1. The maximum Gasteiger partial charge on any atom is 0.354 e. The number of hydrogen-bond acceptors (Lipinski definition) is 4. The molecule has 0 atom stereocenters. The van der Waals surface area contributed by atoms with Crippen LogP contribution in [0, 0.1) is 12.3 Å². The van der Waals surface area contributed by atoms with Crippen molar-refractivity contribution in [3.8, 4) is 12.3 Å². The molecule has 0 radical (unpaired) electrons. The van der Waals surface area contributed by atoms with Gasteiger partial charge in [0.25, 0.3) is 5.91 Å². The molecule has 0 fully saturated rings. The minimum Gasteiger partial charge on any atom is -0.464 e. The number of nitrogens with zero attached hydrogens (tertiary/aromatic N) is 1. The topological polar surface area (TPSA) is 84.1 Å². The molecule has 0 bridgehead atoms. The van der Waals surface area contributed by atoms with Crippen molar-refractivity contribution in [3.05, 3.63) is 24.0 Å². The molecule has 0 aromatic carbocycles. The van der Waals surface area contributed by atoms with Crippen LogP contribution in [0.25, 0.3) is 11.0 Å². The zero-order chi connectivity index (χ0) is 13.1. The fourth-order valence-electron chi connectivity index (χ4n) is 1.47. The predicted octanol–water partition coefficient (Wildman–Crippen LogP) is 0.921. The van der Waals surface area contributed by atoms with Gasteiger partial charge < -0.3 is 15.0 Å². The summed E-state index contributed by atoms with van der Waals surface area (Å²) in [6, 6.07) is 3.24. The van der Waals surface area contributed by atoms with Crippen LogP contribution < -0.4 is 5.32 Å². The molecule has 2 heterocycles. The van der Waals surface area contributed by atoms with Crippen molar-refractivity contribution >= 4 is 28.6 Å². The molecule has 6 nitrogen and oxygen atoms in total. The molecule has 0 spiro atoms. The van der Waals surface area contributed by atoms with E-state index in [1.54, 1.807) is 12.1 Å². The summed E-state index contributed by atoms with van der Waals surface area (Å²) in [5.41, 5.74) is 1.27. The van der Waals surface area contributed by atoms with E-state index in [4.69, 9.17) is 6.42 Å². The number of terminal acetylenes is 1. The maximum absolute atomic E-state index is 11.3. The Morgan fingerprint density at radius 2 is 2.28 bits per heavy atom. The second kappa shape index (κ2) is 4.59. The third-order valence-corrected chi connectivity index (χ3v) is 2.26. The molecule has 1 amide bonds. The Balaban J connectivity index is 2.37. The molecule has 90 valence electrons. The van der Waals surface area contributed by atoms with E-state index < -0.39 is 11.9 Å². The average Bonchev–Trinajstić information content (AvgIpc) is 2.80. The fourth-order valence-corrected chi connectivity index (χ4v) is 1.47. The van der Waals surface area contributed by atoms with Gasteiger partial charge in [-0.3, -0.25) is 4.79 Å². The predicted molar refractivity (Wildman–Crippen MR) is 64.9 cm³/mol. The van der Waals surface area contributed by atoms with Crippen molar-refractivity contribution in [2.75, 3.05) is 12.4 Å². The largest absolute Gasteiger partial charge is 0.464 e. The van der Waals surface area contributed by atoms with Crippen molar-refractivity contribution in [2.24, 2.45) is 0 Å². The van der Waals surface area contributed by atoms with Crippen molar-refractivity contribution in [1.29, 1.82) is 0 Å². The molecule has 2 rings (SSSR count). The number of hydrogen-bond donors (Lipinski definition) is 2. The highest BCUT2D eigenvalue weighted by molar-refractivity contribution is 6.04. The number of aromatic nitrogens is 2. The van der Waals surface area contributed by atoms with Gasteiger partial charge in [0.05, 0.1) is 19.0 Å². The summed E-state index contributed by atoms with van der Waals surface area (Å²) in [4.78, 5) is 29.2. The van der Waals surface area contributed by atoms with Crippen molar-refractivity contribution < 1.29 is 14.3 Å². The number of amides is 1. The lowest BCUT2D eigenvalue weighted by Gasteiger charge is -1.99. The van der Waals surface area contributed by atoms with Gasteiger partial charge in [0, 0.05) is 5.39 Å². The van der Waals surface area contributed by atoms with Gasteiger partial charge >= 0.3 is 5.97 Å². The first-order chi connectivity index (χ1) is 8.63. The SMILES string of the molecule is C#CC(=O)Nc1cnc2[nH]c(C(=O)OC)cc2c1. The Hall–Kier alpha value is -2.81. The summed E-state index contributed by atoms with van der Waals surface area (Å²) >= 11 is 0. The molecule has 0 aliphatic carbocycles. The van der Waals surface area contributed by atoms with Crippen LogP contribution >= 0.6 is 0 Å². The molecule has 18 heavy (non-hydrogen) atoms. The van der Waals surface area contributed by atoms with Crippen LogP contribution in [-0.4, -0.2) is 29.0 Å². The Morgan fingerprint density at radius 1 is 1.50 bits per heavy atom. The lowest BCUT2D eigenvalue weighted by Crippen LogP contribution is -2.07. The highest BCUT2D eigenvalue weighted by atomic mass is 16.5. The summed E-state index contributed by atoms with van der Waals surface area (Å²) in [5.74, 6) is 0.895. The quantitative estimate of drug-likeness (QED) is 0.606. The van der Waals surface area contributed by atoms with E-state index in [-0.39, 0.29) is 0 Å². The van der Waals surface area contributed by atoms with Crippen LogP contribution in [-0.2, 0) is 9.53 Å². The second-order valence-corrected chi connectivity index (χ2v) is 3.43. The molecule has 0 aliphatic heterocycles. The number of esters is 1. The van der Waals surface area contributed by atoms with E-state index in [1.807, 2.05) is 5.92 Å². The van der Waals surface area contributed by atoms with Gasteiger partial charge in [-0.1, -0.05) is 0 Å². The molecule has 0 saturated carbocycles. The first-order valence-corrected chi connectivity index (χ1v) is 4.98. The second-order valence-electron chi connectivity index (χ2n) is 3.43. The number of methoxy groups -OCH3 is 1. The number of nitrogens with one attached hydrogen (secondary N) is 2. The number of rotatable bonds is 2. The number of aromatic amines is 1. The van der Waals surface area contributed by atoms with E-state index in [0.29, 0.717) is 22.4 Å². The van der Waals surface area contributed by atoms with Gasteiger partial charge in [0.2, 0.25) is 0 Å². The van der Waals surface area contributed by atoms with E-state index >= 15 is 0 Å². The molecule has 6 heteroatoms. The smallest absolute Gasteiger partial charge is 0.354 e. The Labute approximate surface area is 102 Å². The highest BCUT2D eigenvalue weighted by Crippen LogP contribution is 2.18.